The molecule has 3 N–H and O–H groups in total. The molecule has 0 spiro atoms. The minimum absolute atomic E-state index is 0.0870. The van der Waals surface area contributed by atoms with Crippen LogP contribution >= 0.6 is 0 Å². The molecule has 0 radical (unpaired) electrons. The van der Waals surface area contributed by atoms with Gasteiger partial charge in [0.2, 0.25) is 5.91 Å². The van der Waals surface area contributed by atoms with E-state index in [9.17, 15) is 4.79 Å². The lowest BCUT2D eigenvalue weighted by atomic mass is 10.0. The second-order valence-corrected chi connectivity index (χ2v) is 4.76. The van der Waals surface area contributed by atoms with Gasteiger partial charge < -0.3 is 11.1 Å². The largest absolute Gasteiger partial charge is 0.350 e. The molecule has 0 aliphatic rings. The van der Waals surface area contributed by atoms with E-state index in [0.717, 1.165) is 24.1 Å². The Morgan fingerprint density at radius 3 is 2.94 bits per heavy atom. The van der Waals surface area contributed by atoms with Crippen molar-refractivity contribution in [2.24, 2.45) is 11.7 Å². The zero-order valence-corrected chi connectivity index (χ0v) is 11.3. The number of aromatic nitrogens is 1. The van der Waals surface area contributed by atoms with E-state index in [4.69, 9.17) is 5.73 Å². The highest BCUT2D eigenvalue weighted by Gasteiger charge is 2.07. The number of carbonyl (C=O) groups excluding carboxylic acids is 1. The van der Waals surface area contributed by atoms with Crippen molar-refractivity contribution < 1.29 is 4.79 Å². The summed E-state index contributed by atoms with van der Waals surface area (Å²) in [7, 11) is 0. The molecule has 0 saturated carbocycles. The number of aryl methyl sites for hydroxylation is 1. The molecule has 1 heterocycles. The fourth-order valence-electron chi connectivity index (χ4n) is 1.78. The van der Waals surface area contributed by atoms with Gasteiger partial charge in [-0.15, -0.1) is 0 Å². The maximum Gasteiger partial charge on any atom is 0.220 e. The van der Waals surface area contributed by atoms with E-state index < -0.39 is 0 Å². The molecule has 1 amide bonds. The lowest BCUT2D eigenvalue weighted by Crippen LogP contribution is -2.24. The van der Waals surface area contributed by atoms with E-state index in [1.807, 2.05) is 19.1 Å². The second kappa shape index (κ2) is 7.82. The number of amides is 1. The number of nitrogens with one attached hydrogen (secondary N) is 1. The average molecular weight is 249 g/mol. The van der Waals surface area contributed by atoms with Crippen LogP contribution in [0.3, 0.4) is 0 Å². The minimum atomic E-state index is 0.0870. The highest BCUT2D eigenvalue weighted by molar-refractivity contribution is 5.75. The van der Waals surface area contributed by atoms with Crippen molar-refractivity contribution in [3.8, 4) is 0 Å². The van der Waals surface area contributed by atoms with Gasteiger partial charge >= 0.3 is 0 Å². The van der Waals surface area contributed by atoms with Crippen LogP contribution in [0.1, 0.15) is 37.4 Å². The molecule has 1 aromatic heterocycles. The summed E-state index contributed by atoms with van der Waals surface area (Å²) in [4.78, 5) is 15.9. The van der Waals surface area contributed by atoms with Gasteiger partial charge in [-0.2, -0.15) is 0 Å². The third-order valence-corrected chi connectivity index (χ3v) is 3.09. The molecule has 1 unspecified atom stereocenters. The predicted octanol–water partition coefficient (Wildman–Crippen LogP) is 1.77. The number of hydrogen-bond acceptors (Lipinski definition) is 3. The molecule has 0 bridgehead atoms. The van der Waals surface area contributed by atoms with Crippen LogP contribution in [0.4, 0.5) is 0 Å². The summed E-state index contributed by atoms with van der Waals surface area (Å²) in [6.07, 6.45) is 4.18. The van der Waals surface area contributed by atoms with Gasteiger partial charge in [0, 0.05) is 12.6 Å². The number of hydrogen-bond donors (Lipinski definition) is 2. The number of carbonyl (C=O) groups is 1. The van der Waals surface area contributed by atoms with Crippen LogP contribution in [-0.2, 0) is 11.3 Å². The molecule has 0 fully saturated rings. The summed E-state index contributed by atoms with van der Waals surface area (Å²) >= 11 is 0. The molecule has 4 heteroatoms. The van der Waals surface area contributed by atoms with E-state index >= 15 is 0 Å². The molecule has 1 aromatic rings. The summed E-state index contributed by atoms with van der Waals surface area (Å²) in [6.45, 7) is 5.33. The minimum Gasteiger partial charge on any atom is -0.350 e. The topological polar surface area (TPSA) is 68.0 Å². The average Bonchev–Trinajstić information content (AvgIpc) is 2.36. The van der Waals surface area contributed by atoms with Crippen LogP contribution in [0, 0.1) is 12.8 Å². The van der Waals surface area contributed by atoms with Gasteiger partial charge in [-0.25, -0.2) is 0 Å². The first kappa shape index (κ1) is 14.6. The van der Waals surface area contributed by atoms with Crippen molar-refractivity contribution in [2.45, 2.75) is 39.7 Å². The summed E-state index contributed by atoms with van der Waals surface area (Å²) in [5, 5.41) is 2.90. The van der Waals surface area contributed by atoms with Crippen LogP contribution in [-0.4, -0.2) is 17.4 Å². The summed E-state index contributed by atoms with van der Waals surface area (Å²) < 4.78 is 0. The Morgan fingerprint density at radius 2 is 2.28 bits per heavy atom. The monoisotopic (exact) mass is 249 g/mol. The Bertz CT molecular complexity index is 379. The highest BCUT2D eigenvalue weighted by atomic mass is 16.1. The smallest absolute Gasteiger partial charge is 0.220 e. The first-order valence-corrected chi connectivity index (χ1v) is 6.50. The van der Waals surface area contributed by atoms with E-state index in [1.54, 1.807) is 6.20 Å². The van der Waals surface area contributed by atoms with Crippen molar-refractivity contribution in [3.63, 3.8) is 0 Å². The first-order valence-electron chi connectivity index (χ1n) is 6.50. The number of nitrogens with zero attached hydrogens (tertiary/aromatic N) is 1. The third kappa shape index (κ3) is 5.27. The van der Waals surface area contributed by atoms with Crippen LogP contribution in [0.25, 0.3) is 0 Å². The van der Waals surface area contributed by atoms with Crippen molar-refractivity contribution in [1.29, 1.82) is 0 Å². The van der Waals surface area contributed by atoms with Crippen LogP contribution in [0.15, 0.2) is 18.3 Å². The van der Waals surface area contributed by atoms with E-state index in [-0.39, 0.29) is 5.91 Å². The van der Waals surface area contributed by atoms with Crippen molar-refractivity contribution in [2.75, 3.05) is 6.54 Å². The SMILES string of the molecule is Cc1cccnc1CNC(=O)CCC(C)CCN. The third-order valence-electron chi connectivity index (χ3n) is 3.09. The molecule has 0 aromatic carbocycles. The normalized spacial score (nSPS) is 12.2. The molecule has 1 atom stereocenters. The highest BCUT2D eigenvalue weighted by Crippen LogP contribution is 2.09. The summed E-state index contributed by atoms with van der Waals surface area (Å²) in [6, 6.07) is 3.90. The Balaban J connectivity index is 2.27. The van der Waals surface area contributed by atoms with Gasteiger partial charge in [-0.1, -0.05) is 13.0 Å². The van der Waals surface area contributed by atoms with Crippen molar-refractivity contribution >= 4 is 5.91 Å². The van der Waals surface area contributed by atoms with Gasteiger partial charge in [0.25, 0.3) is 0 Å². The molecular weight excluding hydrogens is 226 g/mol. The van der Waals surface area contributed by atoms with Crippen molar-refractivity contribution in [1.82, 2.24) is 10.3 Å². The second-order valence-electron chi connectivity index (χ2n) is 4.76. The summed E-state index contributed by atoms with van der Waals surface area (Å²) in [5.74, 6) is 0.598. The van der Waals surface area contributed by atoms with Gasteiger partial charge in [-0.05, 0) is 43.9 Å². The van der Waals surface area contributed by atoms with Crippen molar-refractivity contribution in [3.05, 3.63) is 29.6 Å². The van der Waals surface area contributed by atoms with E-state index in [0.29, 0.717) is 25.4 Å². The van der Waals surface area contributed by atoms with Gasteiger partial charge in [0.05, 0.1) is 12.2 Å². The quantitative estimate of drug-likeness (QED) is 0.774. The molecule has 0 aliphatic carbocycles. The van der Waals surface area contributed by atoms with Gasteiger partial charge in [-0.3, -0.25) is 9.78 Å². The molecule has 4 nitrogen and oxygen atoms in total. The Morgan fingerprint density at radius 1 is 1.50 bits per heavy atom. The number of nitrogens with two attached hydrogens (primary N) is 1. The maximum absolute atomic E-state index is 11.7. The lowest BCUT2D eigenvalue weighted by Gasteiger charge is -2.10. The zero-order chi connectivity index (χ0) is 13.4. The van der Waals surface area contributed by atoms with Gasteiger partial charge in [0.15, 0.2) is 0 Å². The molecule has 100 valence electrons. The lowest BCUT2D eigenvalue weighted by molar-refractivity contribution is -0.121. The Labute approximate surface area is 109 Å². The summed E-state index contributed by atoms with van der Waals surface area (Å²) in [5.41, 5.74) is 7.52. The molecule has 0 saturated heterocycles. The maximum atomic E-state index is 11.7. The fraction of sp³-hybridized carbons (Fsp3) is 0.571. The first-order chi connectivity index (χ1) is 8.63. The predicted molar refractivity (Wildman–Crippen MR) is 72.9 cm³/mol. The zero-order valence-electron chi connectivity index (χ0n) is 11.3. The van der Waals surface area contributed by atoms with Crippen LogP contribution < -0.4 is 11.1 Å². The van der Waals surface area contributed by atoms with Crippen LogP contribution in [0.5, 0.6) is 0 Å². The van der Waals surface area contributed by atoms with E-state index in [1.165, 1.54) is 0 Å². The van der Waals surface area contributed by atoms with E-state index in [2.05, 4.69) is 17.2 Å². The molecule has 1 rings (SSSR count). The fourth-order valence-corrected chi connectivity index (χ4v) is 1.78. The van der Waals surface area contributed by atoms with Crippen LogP contribution in [0.2, 0.25) is 0 Å². The number of rotatable bonds is 7. The standard InChI is InChI=1S/C14H23N3O/c1-11(7-8-15)5-6-14(18)17-10-13-12(2)4-3-9-16-13/h3-4,9,11H,5-8,10,15H2,1-2H3,(H,17,18). The van der Waals surface area contributed by atoms with Gasteiger partial charge in [0.1, 0.15) is 0 Å². The number of pyridine rings is 1. The molecule has 0 aliphatic heterocycles. The molecular formula is C14H23N3O. The Hall–Kier alpha value is -1.42. The molecule has 18 heavy (non-hydrogen) atoms. The Kier molecular flexibility index (Phi) is 6.36.